The topological polar surface area (TPSA) is 65.4 Å². The van der Waals surface area contributed by atoms with Crippen LogP contribution in [0.4, 0.5) is 0 Å². The van der Waals surface area contributed by atoms with E-state index in [1.807, 2.05) is 31.5 Å². The van der Waals surface area contributed by atoms with Gasteiger partial charge < -0.3 is 5.32 Å². The summed E-state index contributed by atoms with van der Waals surface area (Å²) in [6, 6.07) is 0. The van der Waals surface area contributed by atoms with Gasteiger partial charge in [-0.1, -0.05) is 12.2 Å². The molecule has 1 aromatic rings. The van der Waals surface area contributed by atoms with Crippen LogP contribution in [0.15, 0.2) is 52.4 Å². The Kier molecular flexibility index (Phi) is 3.98. The summed E-state index contributed by atoms with van der Waals surface area (Å²) in [6.45, 7) is 4.03. The maximum absolute atomic E-state index is 4.45. The average molecular weight is 241 g/mol. The van der Waals surface area contributed by atoms with E-state index in [1.54, 1.807) is 12.4 Å². The molecule has 18 heavy (non-hydrogen) atoms. The van der Waals surface area contributed by atoms with Crippen molar-refractivity contribution in [2.45, 2.75) is 0 Å². The highest BCUT2D eigenvalue weighted by atomic mass is 15.1. The summed E-state index contributed by atoms with van der Waals surface area (Å²) in [7, 11) is 1.86. The zero-order valence-corrected chi connectivity index (χ0v) is 10.2. The molecule has 0 amide bonds. The fourth-order valence-electron chi connectivity index (χ4n) is 1.64. The number of H-pyrrole nitrogens is 1. The molecule has 0 unspecified atom stereocenters. The van der Waals surface area contributed by atoms with Gasteiger partial charge in [-0.2, -0.15) is 5.10 Å². The van der Waals surface area contributed by atoms with Crippen LogP contribution in [0.1, 0.15) is 5.56 Å². The predicted octanol–water partition coefficient (Wildman–Crippen LogP) is 1.57. The highest BCUT2D eigenvalue weighted by Gasteiger charge is 2.10. The lowest BCUT2D eigenvalue weighted by Crippen LogP contribution is -2.10. The number of rotatable bonds is 4. The van der Waals surface area contributed by atoms with Gasteiger partial charge in [0.25, 0.3) is 0 Å². The van der Waals surface area contributed by atoms with Gasteiger partial charge in [-0.15, -0.1) is 0 Å². The minimum Gasteiger partial charge on any atom is -0.301 e. The third-order valence-corrected chi connectivity index (χ3v) is 2.50. The van der Waals surface area contributed by atoms with Gasteiger partial charge in [0.1, 0.15) is 0 Å². The Hall–Kier alpha value is -2.27. The summed E-state index contributed by atoms with van der Waals surface area (Å²) < 4.78 is 0. The van der Waals surface area contributed by atoms with E-state index in [9.17, 15) is 0 Å². The van der Waals surface area contributed by atoms with E-state index in [2.05, 4.69) is 32.2 Å². The SMILES string of the molecule is C=N/C=C1/C=CC(c2cn[nH]c2)=C/C1=N/CNC. The van der Waals surface area contributed by atoms with Crippen molar-refractivity contribution in [2.24, 2.45) is 9.98 Å². The van der Waals surface area contributed by atoms with Gasteiger partial charge in [-0.05, 0) is 25.4 Å². The molecule has 1 heterocycles. The zero-order chi connectivity index (χ0) is 12.8. The lowest BCUT2D eigenvalue weighted by atomic mass is 9.97. The van der Waals surface area contributed by atoms with Crippen molar-refractivity contribution in [1.82, 2.24) is 15.5 Å². The molecular weight excluding hydrogens is 226 g/mol. The second kappa shape index (κ2) is 5.88. The van der Waals surface area contributed by atoms with Crippen molar-refractivity contribution in [3.05, 3.63) is 48.0 Å². The molecule has 1 aliphatic rings. The largest absolute Gasteiger partial charge is 0.301 e. The number of hydrogen-bond acceptors (Lipinski definition) is 4. The van der Waals surface area contributed by atoms with Crippen molar-refractivity contribution in [3.8, 4) is 0 Å². The van der Waals surface area contributed by atoms with E-state index < -0.39 is 0 Å². The summed E-state index contributed by atoms with van der Waals surface area (Å²) in [5, 5.41) is 9.74. The van der Waals surface area contributed by atoms with Crippen LogP contribution in [0, 0.1) is 0 Å². The van der Waals surface area contributed by atoms with E-state index in [4.69, 9.17) is 0 Å². The smallest absolute Gasteiger partial charge is 0.0889 e. The molecule has 1 aromatic heterocycles. The van der Waals surface area contributed by atoms with E-state index in [0.717, 1.165) is 22.4 Å². The Morgan fingerprint density at radius 1 is 1.50 bits per heavy atom. The number of allylic oxidation sites excluding steroid dienone is 5. The molecule has 0 radical (unpaired) electrons. The lowest BCUT2D eigenvalue weighted by molar-refractivity contribution is 0.835. The molecule has 5 nitrogen and oxygen atoms in total. The number of nitrogens with one attached hydrogen (secondary N) is 2. The molecule has 1 aliphatic carbocycles. The number of aromatic nitrogens is 2. The fraction of sp³-hybridized carbons (Fsp3) is 0.154. The van der Waals surface area contributed by atoms with E-state index in [-0.39, 0.29) is 0 Å². The van der Waals surface area contributed by atoms with E-state index in [0.29, 0.717) is 6.67 Å². The lowest BCUT2D eigenvalue weighted by Gasteiger charge is -2.10. The predicted molar refractivity (Wildman–Crippen MR) is 74.7 cm³/mol. The van der Waals surface area contributed by atoms with Gasteiger partial charge in [0.15, 0.2) is 0 Å². The third kappa shape index (κ3) is 2.70. The maximum Gasteiger partial charge on any atom is 0.0889 e. The highest BCUT2D eigenvalue weighted by molar-refractivity contribution is 6.16. The summed E-state index contributed by atoms with van der Waals surface area (Å²) in [4.78, 5) is 8.25. The normalized spacial score (nSPS) is 19.3. The van der Waals surface area contributed by atoms with Crippen LogP contribution in [-0.4, -0.2) is 36.3 Å². The van der Waals surface area contributed by atoms with E-state index in [1.165, 1.54) is 0 Å². The third-order valence-electron chi connectivity index (χ3n) is 2.50. The highest BCUT2D eigenvalue weighted by Crippen LogP contribution is 2.21. The molecule has 0 saturated heterocycles. The summed E-state index contributed by atoms with van der Waals surface area (Å²) in [6.07, 6.45) is 11.3. The van der Waals surface area contributed by atoms with Crippen LogP contribution in [-0.2, 0) is 0 Å². The molecule has 0 fully saturated rings. The first-order valence-corrected chi connectivity index (χ1v) is 5.59. The molecule has 0 atom stereocenters. The minimum absolute atomic E-state index is 0.562. The molecule has 0 saturated carbocycles. The van der Waals surface area contributed by atoms with Gasteiger partial charge in [0.05, 0.1) is 18.6 Å². The summed E-state index contributed by atoms with van der Waals surface area (Å²) >= 11 is 0. The average Bonchev–Trinajstić information content (AvgIpc) is 2.92. The fourth-order valence-corrected chi connectivity index (χ4v) is 1.64. The zero-order valence-electron chi connectivity index (χ0n) is 10.2. The Labute approximate surface area is 106 Å². The van der Waals surface area contributed by atoms with Crippen LogP contribution in [0.25, 0.3) is 5.57 Å². The van der Waals surface area contributed by atoms with Crippen molar-refractivity contribution >= 4 is 18.0 Å². The number of aliphatic imine (C=N–C) groups is 2. The Morgan fingerprint density at radius 3 is 3.06 bits per heavy atom. The molecular formula is C13H15N5. The number of aromatic amines is 1. The van der Waals surface area contributed by atoms with Crippen LogP contribution >= 0.6 is 0 Å². The van der Waals surface area contributed by atoms with Crippen molar-refractivity contribution in [3.63, 3.8) is 0 Å². The van der Waals surface area contributed by atoms with Gasteiger partial charge in [0.2, 0.25) is 0 Å². The van der Waals surface area contributed by atoms with Crippen LogP contribution in [0.3, 0.4) is 0 Å². The first kappa shape index (κ1) is 12.2. The molecule has 2 N–H and O–H groups in total. The first-order valence-electron chi connectivity index (χ1n) is 5.59. The first-order chi connectivity index (χ1) is 8.85. The molecule has 0 aromatic carbocycles. The Bertz CT molecular complexity index is 532. The van der Waals surface area contributed by atoms with Crippen molar-refractivity contribution in [1.29, 1.82) is 0 Å². The van der Waals surface area contributed by atoms with Gasteiger partial charge in [0, 0.05) is 23.5 Å². The number of hydrogen-bond donors (Lipinski definition) is 2. The van der Waals surface area contributed by atoms with Gasteiger partial charge in [-0.3, -0.25) is 15.1 Å². The van der Waals surface area contributed by atoms with Crippen molar-refractivity contribution in [2.75, 3.05) is 13.7 Å². The van der Waals surface area contributed by atoms with Crippen molar-refractivity contribution < 1.29 is 0 Å². The Balaban J connectivity index is 2.34. The van der Waals surface area contributed by atoms with Crippen LogP contribution in [0.5, 0.6) is 0 Å². The second-order valence-electron chi connectivity index (χ2n) is 3.74. The van der Waals surface area contributed by atoms with Gasteiger partial charge in [-0.25, -0.2) is 0 Å². The molecule has 2 rings (SSSR count). The Morgan fingerprint density at radius 2 is 2.39 bits per heavy atom. The minimum atomic E-state index is 0.562. The second-order valence-corrected chi connectivity index (χ2v) is 3.74. The monoisotopic (exact) mass is 241 g/mol. The van der Waals surface area contributed by atoms with Crippen LogP contribution in [0.2, 0.25) is 0 Å². The van der Waals surface area contributed by atoms with Gasteiger partial charge >= 0.3 is 0 Å². The molecule has 92 valence electrons. The summed E-state index contributed by atoms with van der Waals surface area (Å²) in [5.41, 5.74) is 3.94. The van der Waals surface area contributed by atoms with E-state index >= 15 is 0 Å². The van der Waals surface area contributed by atoms with Crippen LogP contribution < -0.4 is 5.32 Å². The number of nitrogens with zero attached hydrogens (tertiary/aromatic N) is 3. The molecule has 0 spiro atoms. The maximum atomic E-state index is 4.45. The summed E-state index contributed by atoms with van der Waals surface area (Å²) in [5.74, 6) is 0. The molecule has 0 bridgehead atoms. The molecule has 5 heteroatoms. The standard InChI is InChI=1S/C13H15N5/c1-14-6-11-4-3-10(12-7-17-18-8-12)5-13(11)16-9-15-2/h3-8,15H,1,9H2,2H3,(H,17,18)/b11-6-,16-13-. The molecule has 0 aliphatic heterocycles. The quantitative estimate of drug-likeness (QED) is 0.786.